The summed E-state index contributed by atoms with van der Waals surface area (Å²) in [4.78, 5) is 28.2. The van der Waals surface area contributed by atoms with Gasteiger partial charge in [0.15, 0.2) is 0 Å². The Labute approximate surface area is 161 Å². The summed E-state index contributed by atoms with van der Waals surface area (Å²) < 4.78 is 38.8. The van der Waals surface area contributed by atoms with E-state index in [1.807, 2.05) is 18.7 Å². The van der Waals surface area contributed by atoms with E-state index in [2.05, 4.69) is 0 Å². The molecule has 1 unspecified atom stereocenters. The minimum absolute atomic E-state index is 0.100. The van der Waals surface area contributed by atoms with Crippen molar-refractivity contribution >= 4 is 11.8 Å². The molecule has 2 aromatic rings. The van der Waals surface area contributed by atoms with E-state index in [0.29, 0.717) is 29.7 Å². The lowest BCUT2D eigenvalue weighted by Crippen LogP contribution is -2.45. The van der Waals surface area contributed by atoms with Gasteiger partial charge in [-0.15, -0.1) is 0 Å². The van der Waals surface area contributed by atoms with Crippen LogP contribution in [0.3, 0.4) is 0 Å². The fraction of sp³-hybridized carbons (Fsp3) is 0.333. The van der Waals surface area contributed by atoms with Gasteiger partial charge in [-0.3, -0.25) is 19.4 Å². The third-order valence-electron chi connectivity index (χ3n) is 5.02. The van der Waals surface area contributed by atoms with E-state index in [0.717, 1.165) is 12.1 Å². The molecule has 0 bridgehead atoms. The summed E-state index contributed by atoms with van der Waals surface area (Å²) in [6.45, 7) is 4.42. The van der Waals surface area contributed by atoms with E-state index in [4.69, 9.17) is 0 Å². The van der Waals surface area contributed by atoms with Crippen molar-refractivity contribution in [3.8, 4) is 0 Å². The first-order valence-electron chi connectivity index (χ1n) is 9.07. The van der Waals surface area contributed by atoms with E-state index in [-0.39, 0.29) is 24.5 Å². The molecule has 3 rings (SSSR count). The maximum atomic E-state index is 12.9. The molecule has 2 aromatic carbocycles. The molecule has 28 heavy (non-hydrogen) atoms. The highest BCUT2D eigenvalue weighted by Crippen LogP contribution is 2.30. The molecule has 0 saturated carbocycles. The van der Waals surface area contributed by atoms with Crippen LogP contribution in [0.1, 0.15) is 45.7 Å². The van der Waals surface area contributed by atoms with Crippen LogP contribution in [-0.2, 0) is 12.6 Å². The minimum Gasteiger partial charge on any atom is -0.283 e. The second-order valence-electron chi connectivity index (χ2n) is 6.88. The van der Waals surface area contributed by atoms with Gasteiger partial charge in [0.1, 0.15) is 0 Å². The standard InChI is InChI=1S/C21H21F3N2O2/c1-3-25(13-26-19(27)17-9-4-5-10-18(17)20(26)28)14(2)11-15-7-6-8-16(12-15)21(22,23)24/h4-10,12,14H,3,11,13H2,1-2H3. The lowest BCUT2D eigenvalue weighted by molar-refractivity contribution is -0.137. The zero-order valence-corrected chi connectivity index (χ0v) is 15.7. The molecule has 0 aliphatic carbocycles. The number of imide groups is 1. The molecular formula is C21H21F3N2O2. The maximum Gasteiger partial charge on any atom is 0.416 e. The van der Waals surface area contributed by atoms with Crippen LogP contribution in [0.5, 0.6) is 0 Å². The van der Waals surface area contributed by atoms with Gasteiger partial charge < -0.3 is 0 Å². The predicted octanol–water partition coefficient (Wildman–Crippen LogP) is 4.21. The van der Waals surface area contributed by atoms with Gasteiger partial charge in [-0.25, -0.2) is 0 Å². The van der Waals surface area contributed by atoms with Crippen LogP contribution in [-0.4, -0.2) is 40.9 Å². The number of amides is 2. The monoisotopic (exact) mass is 390 g/mol. The fourth-order valence-corrected chi connectivity index (χ4v) is 3.45. The lowest BCUT2D eigenvalue weighted by Gasteiger charge is -2.31. The average molecular weight is 390 g/mol. The minimum atomic E-state index is -4.39. The molecule has 0 fully saturated rings. The van der Waals surface area contributed by atoms with E-state index in [1.165, 1.54) is 11.0 Å². The Bertz CT molecular complexity index is 860. The summed E-state index contributed by atoms with van der Waals surface area (Å²) in [7, 11) is 0. The number of benzene rings is 2. The summed E-state index contributed by atoms with van der Waals surface area (Å²) in [6.07, 6.45) is -4.01. The molecule has 0 radical (unpaired) electrons. The van der Waals surface area contributed by atoms with Crippen LogP contribution >= 0.6 is 0 Å². The maximum absolute atomic E-state index is 12.9. The summed E-state index contributed by atoms with van der Waals surface area (Å²) >= 11 is 0. The van der Waals surface area contributed by atoms with Gasteiger partial charge in [-0.05, 0) is 43.7 Å². The number of fused-ring (bicyclic) bond motifs is 1. The molecule has 0 N–H and O–H groups in total. The highest BCUT2D eigenvalue weighted by Gasteiger charge is 2.36. The largest absolute Gasteiger partial charge is 0.416 e. The highest BCUT2D eigenvalue weighted by molar-refractivity contribution is 6.21. The van der Waals surface area contributed by atoms with Crippen LogP contribution in [0, 0.1) is 0 Å². The van der Waals surface area contributed by atoms with Crippen molar-refractivity contribution in [3.05, 3.63) is 70.8 Å². The van der Waals surface area contributed by atoms with Crippen LogP contribution in [0.4, 0.5) is 13.2 Å². The van der Waals surface area contributed by atoms with Crippen molar-refractivity contribution in [3.63, 3.8) is 0 Å². The van der Waals surface area contributed by atoms with Gasteiger partial charge >= 0.3 is 6.18 Å². The van der Waals surface area contributed by atoms with Crippen LogP contribution in [0.25, 0.3) is 0 Å². The number of carbonyl (C=O) groups is 2. The molecule has 0 aromatic heterocycles. The number of rotatable bonds is 6. The van der Waals surface area contributed by atoms with E-state index in [9.17, 15) is 22.8 Å². The van der Waals surface area contributed by atoms with Gasteiger partial charge in [0.05, 0.1) is 23.4 Å². The smallest absolute Gasteiger partial charge is 0.283 e. The predicted molar refractivity (Wildman–Crippen MR) is 98.8 cm³/mol. The summed E-state index contributed by atoms with van der Waals surface area (Å²) in [5.41, 5.74) is 0.645. The van der Waals surface area contributed by atoms with Gasteiger partial charge in [-0.2, -0.15) is 13.2 Å². The summed E-state index contributed by atoms with van der Waals surface area (Å²) in [5, 5.41) is 0. The van der Waals surface area contributed by atoms with Crippen molar-refractivity contribution in [1.29, 1.82) is 0 Å². The number of carbonyl (C=O) groups excluding carboxylic acids is 2. The first kappa shape index (κ1) is 20.1. The first-order chi connectivity index (χ1) is 13.2. The molecule has 0 saturated heterocycles. The quantitative estimate of drug-likeness (QED) is 0.694. The SMILES string of the molecule is CCN(CN1C(=O)c2ccccc2C1=O)C(C)Cc1cccc(C(F)(F)F)c1. The second kappa shape index (κ2) is 7.75. The Morgan fingerprint density at radius 3 is 2.14 bits per heavy atom. The Morgan fingerprint density at radius 1 is 1.00 bits per heavy atom. The van der Waals surface area contributed by atoms with Gasteiger partial charge in [-0.1, -0.05) is 37.3 Å². The number of alkyl halides is 3. The first-order valence-corrected chi connectivity index (χ1v) is 9.07. The Morgan fingerprint density at radius 2 is 1.61 bits per heavy atom. The number of halogens is 3. The van der Waals surface area contributed by atoms with Crippen LogP contribution in [0.15, 0.2) is 48.5 Å². The second-order valence-corrected chi connectivity index (χ2v) is 6.88. The molecule has 1 atom stereocenters. The van der Waals surface area contributed by atoms with Gasteiger partial charge in [0.2, 0.25) is 0 Å². The summed E-state index contributed by atoms with van der Waals surface area (Å²) in [6, 6.07) is 11.8. The lowest BCUT2D eigenvalue weighted by atomic mass is 10.0. The molecule has 4 nitrogen and oxygen atoms in total. The number of hydrogen-bond acceptors (Lipinski definition) is 3. The van der Waals surface area contributed by atoms with E-state index < -0.39 is 11.7 Å². The number of nitrogens with zero attached hydrogens (tertiary/aromatic N) is 2. The average Bonchev–Trinajstić information content (AvgIpc) is 2.90. The van der Waals surface area contributed by atoms with Crippen molar-refractivity contribution in [2.45, 2.75) is 32.5 Å². The zero-order chi connectivity index (χ0) is 20.5. The Balaban J connectivity index is 1.72. The molecule has 0 spiro atoms. The van der Waals surface area contributed by atoms with Crippen molar-refractivity contribution in [1.82, 2.24) is 9.80 Å². The van der Waals surface area contributed by atoms with Crippen molar-refractivity contribution in [2.24, 2.45) is 0 Å². The molecule has 2 amide bonds. The fourth-order valence-electron chi connectivity index (χ4n) is 3.45. The molecule has 1 heterocycles. The normalized spacial score (nSPS) is 15.3. The Hall–Kier alpha value is -2.67. The molecule has 1 aliphatic heterocycles. The molecule has 7 heteroatoms. The van der Waals surface area contributed by atoms with Crippen molar-refractivity contribution in [2.75, 3.05) is 13.2 Å². The molecule has 148 valence electrons. The summed E-state index contributed by atoms with van der Waals surface area (Å²) in [5.74, 6) is -0.685. The third kappa shape index (κ3) is 3.94. The Kier molecular flexibility index (Phi) is 5.56. The van der Waals surface area contributed by atoms with Crippen LogP contribution in [0.2, 0.25) is 0 Å². The molecule has 1 aliphatic rings. The zero-order valence-electron chi connectivity index (χ0n) is 15.7. The van der Waals surface area contributed by atoms with Crippen LogP contribution < -0.4 is 0 Å². The van der Waals surface area contributed by atoms with Crippen molar-refractivity contribution < 1.29 is 22.8 Å². The highest BCUT2D eigenvalue weighted by atomic mass is 19.4. The van der Waals surface area contributed by atoms with Gasteiger partial charge in [0, 0.05) is 6.04 Å². The van der Waals surface area contributed by atoms with E-state index >= 15 is 0 Å². The third-order valence-corrected chi connectivity index (χ3v) is 5.02. The van der Waals surface area contributed by atoms with E-state index in [1.54, 1.807) is 30.3 Å². The number of hydrogen-bond donors (Lipinski definition) is 0. The molecular weight excluding hydrogens is 369 g/mol. The van der Waals surface area contributed by atoms with Gasteiger partial charge in [0.25, 0.3) is 11.8 Å². The number of likely N-dealkylation sites (N-methyl/N-ethyl adjacent to an activating group) is 1. The topological polar surface area (TPSA) is 40.6 Å².